The van der Waals surface area contributed by atoms with E-state index in [0.717, 1.165) is 23.4 Å². The minimum atomic E-state index is 0.228. The number of pyridine rings is 1. The fourth-order valence-corrected chi connectivity index (χ4v) is 1.84. The Kier molecular flexibility index (Phi) is 5.43. The van der Waals surface area contributed by atoms with Crippen LogP contribution in [0.4, 0.5) is 5.69 Å². The number of benzene rings is 1. The maximum atomic E-state index is 5.82. The number of methoxy groups -OCH3 is 1. The molecular weight excluding hydrogens is 264 g/mol. The van der Waals surface area contributed by atoms with Crippen molar-refractivity contribution in [2.75, 3.05) is 12.4 Å². The van der Waals surface area contributed by atoms with E-state index in [1.165, 1.54) is 0 Å². The van der Waals surface area contributed by atoms with Crippen molar-refractivity contribution in [3.8, 4) is 11.6 Å². The maximum Gasteiger partial charge on any atom is 0.212 e. The van der Waals surface area contributed by atoms with E-state index in [4.69, 9.17) is 9.47 Å². The van der Waals surface area contributed by atoms with E-state index < -0.39 is 0 Å². The lowest BCUT2D eigenvalue weighted by Crippen LogP contribution is -2.09. The van der Waals surface area contributed by atoms with Crippen LogP contribution < -0.4 is 14.8 Å². The third-order valence-corrected chi connectivity index (χ3v) is 3.25. The van der Waals surface area contributed by atoms with Gasteiger partial charge >= 0.3 is 0 Å². The van der Waals surface area contributed by atoms with Gasteiger partial charge < -0.3 is 14.8 Å². The molecule has 0 aliphatic rings. The molecule has 1 atom stereocenters. The van der Waals surface area contributed by atoms with Crippen LogP contribution in [-0.2, 0) is 6.54 Å². The predicted octanol–water partition coefficient (Wildman–Crippen LogP) is 3.88. The lowest BCUT2D eigenvalue weighted by atomic mass is 10.2. The second kappa shape index (κ2) is 7.53. The average Bonchev–Trinajstić information content (AvgIpc) is 2.53. The Bertz CT molecular complexity index is 555. The van der Waals surface area contributed by atoms with Gasteiger partial charge in [-0.25, -0.2) is 4.98 Å². The number of nitrogens with zero attached hydrogens (tertiary/aromatic N) is 1. The molecule has 0 fully saturated rings. The van der Waals surface area contributed by atoms with Gasteiger partial charge in [0.2, 0.25) is 5.88 Å². The van der Waals surface area contributed by atoms with Gasteiger partial charge in [-0.2, -0.15) is 0 Å². The minimum Gasteiger partial charge on any atom is -0.491 e. The standard InChI is InChI=1S/C17H22N2O2/c1-4-13(2)21-16-7-5-6-15(10-16)18-11-14-8-9-17(20-3)19-12-14/h5-10,12-13,18H,4,11H2,1-3H3. The molecule has 21 heavy (non-hydrogen) atoms. The Morgan fingerprint density at radius 1 is 1.24 bits per heavy atom. The summed E-state index contributed by atoms with van der Waals surface area (Å²) >= 11 is 0. The topological polar surface area (TPSA) is 43.4 Å². The van der Waals surface area contributed by atoms with Crippen LogP contribution in [0.2, 0.25) is 0 Å². The van der Waals surface area contributed by atoms with Crippen LogP contribution >= 0.6 is 0 Å². The fourth-order valence-electron chi connectivity index (χ4n) is 1.84. The Balaban J connectivity index is 1.94. The van der Waals surface area contributed by atoms with E-state index in [0.29, 0.717) is 12.4 Å². The Morgan fingerprint density at radius 3 is 2.76 bits per heavy atom. The normalized spacial score (nSPS) is 11.8. The average molecular weight is 286 g/mol. The zero-order valence-corrected chi connectivity index (χ0v) is 12.8. The molecule has 0 spiro atoms. The molecule has 0 saturated carbocycles. The molecule has 2 rings (SSSR count). The van der Waals surface area contributed by atoms with Crippen molar-refractivity contribution < 1.29 is 9.47 Å². The molecule has 0 amide bonds. The van der Waals surface area contributed by atoms with Gasteiger partial charge in [-0.05, 0) is 31.0 Å². The van der Waals surface area contributed by atoms with Crippen molar-refractivity contribution in [3.05, 3.63) is 48.2 Å². The molecule has 0 aliphatic carbocycles. The zero-order chi connectivity index (χ0) is 15.1. The minimum absolute atomic E-state index is 0.228. The Labute approximate surface area is 126 Å². The highest BCUT2D eigenvalue weighted by molar-refractivity contribution is 5.48. The molecule has 4 nitrogen and oxygen atoms in total. The third-order valence-electron chi connectivity index (χ3n) is 3.25. The second-order valence-electron chi connectivity index (χ2n) is 4.93. The van der Waals surface area contributed by atoms with Crippen molar-refractivity contribution in [3.63, 3.8) is 0 Å². The highest BCUT2D eigenvalue weighted by Gasteiger charge is 2.02. The smallest absolute Gasteiger partial charge is 0.212 e. The first-order valence-corrected chi connectivity index (χ1v) is 7.20. The number of rotatable bonds is 7. The summed E-state index contributed by atoms with van der Waals surface area (Å²) in [5.41, 5.74) is 2.13. The van der Waals surface area contributed by atoms with Crippen LogP contribution in [0.25, 0.3) is 0 Å². The molecule has 0 bridgehead atoms. The SMILES string of the molecule is CCC(C)Oc1cccc(NCc2ccc(OC)nc2)c1. The first kappa shape index (κ1) is 15.2. The van der Waals surface area contributed by atoms with Crippen molar-refractivity contribution >= 4 is 5.69 Å². The molecule has 0 aliphatic heterocycles. The first-order chi connectivity index (χ1) is 10.2. The molecule has 112 valence electrons. The monoisotopic (exact) mass is 286 g/mol. The molecule has 2 aromatic rings. The second-order valence-corrected chi connectivity index (χ2v) is 4.93. The summed E-state index contributed by atoms with van der Waals surface area (Å²) in [7, 11) is 1.61. The van der Waals surface area contributed by atoms with E-state index in [-0.39, 0.29) is 6.10 Å². The van der Waals surface area contributed by atoms with Crippen LogP contribution in [0.3, 0.4) is 0 Å². The summed E-state index contributed by atoms with van der Waals surface area (Å²) < 4.78 is 10.9. The number of ether oxygens (including phenoxy) is 2. The summed E-state index contributed by atoms with van der Waals surface area (Å²) in [6.07, 6.45) is 3.03. The summed E-state index contributed by atoms with van der Waals surface area (Å²) in [4.78, 5) is 4.19. The van der Waals surface area contributed by atoms with E-state index >= 15 is 0 Å². The summed E-state index contributed by atoms with van der Waals surface area (Å²) in [6.45, 7) is 4.90. The molecule has 1 aromatic heterocycles. The molecular formula is C17H22N2O2. The Morgan fingerprint density at radius 2 is 2.10 bits per heavy atom. The Hall–Kier alpha value is -2.23. The predicted molar refractivity (Wildman–Crippen MR) is 84.9 cm³/mol. The van der Waals surface area contributed by atoms with Gasteiger partial charge in [0.25, 0.3) is 0 Å². The summed E-state index contributed by atoms with van der Waals surface area (Å²) in [6, 6.07) is 11.9. The van der Waals surface area contributed by atoms with Crippen LogP contribution in [0.15, 0.2) is 42.6 Å². The molecule has 0 radical (unpaired) electrons. The number of hydrogen-bond donors (Lipinski definition) is 1. The lowest BCUT2D eigenvalue weighted by Gasteiger charge is -2.14. The number of aromatic nitrogens is 1. The lowest BCUT2D eigenvalue weighted by molar-refractivity contribution is 0.217. The number of hydrogen-bond acceptors (Lipinski definition) is 4. The van der Waals surface area contributed by atoms with Gasteiger partial charge in [0.1, 0.15) is 5.75 Å². The highest BCUT2D eigenvalue weighted by Crippen LogP contribution is 2.20. The quantitative estimate of drug-likeness (QED) is 0.839. The van der Waals surface area contributed by atoms with Crippen LogP contribution in [0.5, 0.6) is 11.6 Å². The fraction of sp³-hybridized carbons (Fsp3) is 0.353. The van der Waals surface area contributed by atoms with Crippen molar-refractivity contribution in [2.45, 2.75) is 32.9 Å². The van der Waals surface area contributed by atoms with Crippen molar-refractivity contribution in [2.24, 2.45) is 0 Å². The van der Waals surface area contributed by atoms with Gasteiger partial charge in [0.05, 0.1) is 13.2 Å². The highest BCUT2D eigenvalue weighted by atomic mass is 16.5. The summed E-state index contributed by atoms with van der Waals surface area (Å²) in [5, 5.41) is 3.37. The third kappa shape index (κ3) is 4.67. The summed E-state index contributed by atoms with van der Waals surface area (Å²) in [5.74, 6) is 1.52. The van der Waals surface area contributed by atoms with Gasteiger partial charge in [-0.1, -0.05) is 19.1 Å². The molecule has 1 unspecified atom stereocenters. The zero-order valence-electron chi connectivity index (χ0n) is 12.8. The molecule has 1 heterocycles. The van der Waals surface area contributed by atoms with Crippen molar-refractivity contribution in [1.29, 1.82) is 0 Å². The molecule has 0 saturated heterocycles. The van der Waals surface area contributed by atoms with Crippen molar-refractivity contribution in [1.82, 2.24) is 4.98 Å². The van der Waals surface area contributed by atoms with E-state index in [1.54, 1.807) is 7.11 Å². The number of nitrogens with one attached hydrogen (secondary N) is 1. The molecule has 1 aromatic carbocycles. The van der Waals surface area contributed by atoms with Gasteiger partial charge in [0.15, 0.2) is 0 Å². The van der Waals surface area contributed by atoms with Crippen LogP contribution in [0.1, 0.15) is 25.8 Å². The van der Waals surface area contributed by atoms with Gasteiger partial charge in [-0.3, -0.25) is 0 Å². The van der Waals surface area contributed by atoms with E-state index in [2.05, 4.69) is 24.1 Å². The van der Waals surface area contributed by atoms with Gasteiger partial charge in [-0.15, -0.1) is 0 Å². The first-order valence-electron chi connectivity index (χ1n) is 7.20. The van der Waals surface area contributed by atoms with Crippen LogP contribution in [-0.4, -0.2) is 18.2 Å². The van der Waals surface area contributed by atoms with Gasteiger partial charge in [0, 0.05) is 30.6 Å². The van der Waals surface area contributed by atoms with E-state index in [9.17, 15) is 0 Å². The van der Waals surface area contributed by atoms with Crippen LogP contribution in [0, 0.1) is 0 Å². The largest absolute Gasteiger partial charge is 0.491 e. The van der Waals surface area contributed by atoms with E-state index in [1.807, 2.05) is 42.6 Å². The molecule has 4 heteroatoms. The molecule has 1 N–H and O–H groups in total. The number of anilines is 1. The maximum absolute atomic E-state index is 5.82.